The van der Waals surface area contributed by atoms with Gasteiger partial charge in [-0.05, 0) is 49.7 Å². The van der Waals surface area contributed by atoms with E-state index in [2.05, 4.69) is 5.32 Å². The van der Waals surface area contributed by atoms with Gasteiger partial charge >= 0.3 is 0 Å². The number of amides is 2. The molecule has 1 aliphatic rings. The van der Waals surface area contributed by atoms with E-state index >= 15 is 0 Å². The molecule has 5 nitrogen and oxygen atoms in total. The second kappa shape index (κ2) is 7.49. The zero-order valence-electron chi connectivity index (χ0n) is 14.5. The first-order valence-corrected chi connectivity index (χ1v) is 8.38. The fourth-order valence-corrected chi connectivity index (χ4v) is 2.98. The number of nitrogens with one attached hydrogen (secondary N) is 1. The van der Waals surface area contributed by atoms with Gasteiger partial charge in [0, 0.05) is 0 Å². The molecule has 2 aromatic rings. The molecule has 1 aliphatic heterocycles. The Morgan fingerprint density at radius 2 is 1.92 bits per heavy atom. The number of aryl methyl sites for hydroxylation is 1. The fourth-order valence-electron chi connectivity index (χ4n) is 2.98. The fraction of sp³-hybridized carbons (Fsp3) is 0.300. The van der Waals surface area contributed by atoms with Crippen LogP contribution in [0.4, 0.5) is 5.69 Å². The summed E-state index contributed by atoms with van der Waals surface area (Å²) in [5.41, 5.74) is 2.85. The lowest BCUT2D eigenvalue weighted by molar-refractivity contribution is -0.121. The lowest BCUT2D eigenvalue weighted by atomic mass is 10.1. The van der Waals surface area contributed by atoms with Crippen LogP contribution in [0.25, 0.3) is 0 Å². The quantitative estimate of drug-likeness (QED) is 0.822. The molecule has 2 aromatic carbocycles. The summed E-state index contributed by atoms with van der Waals surface area (Å²) in [4.78, 5) is 26.1. The van der Waals surface area contributed by atoms with Gasteiger partial charge in [-0.1, -0.05) is 29.8 Å². The van der Waals surface area contributed by atoms with Crippen LogP contribution < -0.4 is 15.0 Å². The number of ether oxygens (including phenoxy) is 1. The van der Waals surface area contributed by atoms with Gasteiger partial charge in [-0.2, -0.15) is 0 Å². The maximum Gasteiger partial charge on any atom is 0.251 e. The highest BCUT2D eigenvalue weighted by Crippen LogP contribution is 2.23. The van der Waals surface area contributed by atoms with Crippen LogP contribution in [0.3, 0.4) is 0 Å². The van der Waals surface area contributed by atoms with E-state index in [0.29, 0.717) is 12.2 Å². The highest BCUT2D eigenvalue weighted by molar-refractivity contribution is 6.22. The van der Waals surface area contributed by atoms with E-state index in [-0.39, 0.29) is 18.2 Å². The van der Waals surface area contributed by atoms with Gasteiger partial charge in [0.2, 0.25) is 5.91 Å². The van der Waals surface area contributed by atoms with E-state index in [1.54, 1.807) is 7.11 Å². The number of anilines is 1. The van der Waals surface area contributed by atoms with Crippen LogP contribution in [0, 0.1) is 6.92 Å². The van der Waals surface area contributed by atoms with E-state index in [1.807, 2.05) is 55.5 Å². The van der Waals surface area contributed by atoms with Crippen LogP contribution >= 0.6 is 0 Å². The van der Waals surface area contributed by atoms with Gasteiger partial charge in [0.25, 0.3) is 5.91 Å². The summed E-state index contributed by atoms with van der Waals surface area (Å²) in [6, 6.07) is 14.8. The Balaban J connectivity index is 1.59. The van der Waals surface area contributed by atoms with Gasteiger partial charge < -0.3 is 10.1 Å². The van der Waals surface area contributed by atoms with Crippen LogP contribution in [0.2, 0.25) is 0 Å². The van der Waals surface area contributed by atoms with E-state index in [1.165, 1.54) is 4.90 Å². The number of rotatable bonds is 6. The lowest BCUT2D eigenvalue weighted by Crippen LogP contribution is -2.39. The van der Waals surface area contributed by atoms with Crippen molar-refractivity contribution in [3.05, 3.63) is 59.7 Å². The van der Waals surface area contributed by atoms with Crippen LogP contribution in [0.1, 0.15) is 17.5 Å². The van der Waals surface area contributed by atoms with Crippen LogP contribution in [0.15, 0.2) is 48.5 Å². The van der Waals surface area contributed by atoms with Crippen molar-refractivity contribution in [2.24, 2.45) is 0 Å². The standard InChI is InChI=1S/C20H22N2O3/c1-14-6-8-16(9-7-14)22-19(23)13-18(20(22)24)21-11-10-15-4-3-5-17(12-15)25-2/h3-9,12,18,21H,10-11,13H2,1-2H3/t18-/m1/s1. The molecule has 1 saturated heterocycles. The predicted octanol–water partition coefficient (Wildman–Crippen LogP) is 2.47. The van der Waals surface area contributed by atoms with Crippen molar-refractivity contribution >= 4 is 17.5 Å². The highest BCUT2D eigenvalue weighted by atomic mass is 16.5. The molecular formula is C20H22N2O3. The highest BCUT2D eigenvalue weighted by Gasteiger charge is 2.39. The molecular weight excluding hydrogens is 316 g/mol. The first-order valence-electron chi connectivity index (χ1n) is 8.38. The molecule has 1 heterocycles. The van der Waals surface area contributed by atoms with Crippen LogP contribution in [-0.2, 0) is 16.0 Å². The number of benzene rings is 2. The van der Waals surface area contributed by atoms with E-state index in [9.17, 15) is 9.59 Å². The molecule has 2 amide bonds. The predicted molar refractivity (Wildman–Crippen MR) is 96.8 cm³/mol. The largest absolute Gasteiger partial charge is 0.497 e. The number of methoxy groups -OCH3 is 1. The molecule has 0 aliphatic carbocycles. The average molecular weight is 338 g/mol. The van der Waals surface area contributed by atoms with E-state index in [0.717, 1.165) is 23.3 Å². The molecule has 0 aromatic heterocycles. The smallest absolute Gasteiger partial charge is 0.251 e. The third kappa shape index (κ3) is 3.88. The minimum absolute atomic E-state index is 0.160. The van der Waals surface area contributed by atoms with Crippen molar-refractivity contribution in [3.63, 3.8) is 0 Å². The lowest BCUT2D eigenvalue weighted by Gasteiger charge is -2.16. The number of hydrogen-bond acceptors (Lipinski definition) is 4. The molecule has 0 bridgehead atoms. The number of nitrogens with zero attached hydrogens (tertiary/aromatic N) is 1. The molecule has 25 heavy (non-hydrogen) atoms. The van der Waals surface area contributed by atoms with Gasteiger partial charge in [0.15, 0.2) is 0 Å². The van der Waals surface area contributed by atoms with Crippen LogP contribution in [0.5, 0.6) is 5.75 Å². The van der Waals surface area contributed by atoms with Crippen LogP contribution in [-0.4, -0.2) is 31.5 Å². The molecule has 3 rings (SSSR count). The second-order valence-electron chi connectivity index (χ2n) is 6.22. The summed E-state index contributed by atoms with van der Waals surface area (Å²) in [6.45, 7) is 2.60. The third-order valence-corrected chi connectivity index (χ3v) is 4.38. The van der Waals surface area contributed by atoms with E-state index in [4.69, 9.17) is 4.74 Å². The molecule has 5 heteroatoms. The number of imide groups is 1. The Kier molecular flexibility index (Phi) is 5.14. The summed E-state index contributed by atoms with van der Waals surface area (Å²) >= 11 is 0. The second-order valence-corrected chi connectivity index (χ2v) is 6.22. The van der Waals surface area contributed by atoms with Gasteiger partial charge in [-0.3, -0.25) is 9.59 Å². The minimum Gasteiger partial charge on any atom is -0.497 e. The molecule has 1 N–H and O–H groups in total. The zero-order valence-corrected chi connectivity index (χ0v) is 14.5. The van der Waals surface area contributed by atoms with Crippen molar-refractivity contribution in [2.45, 2.75) is 25.8 Å². The molecule has 0 unspecified atom stereocenters. The molecule has 0 radical (unpaired) electrons. The SMILES string of the molecule is COc1cccc(CCN[C@@H]2CC(=O)N(c3ccc(C)cc3)C2=O)c1. The molecule has 130 valence electrons. The normalized spacial score (nSPS) is 17.2. The Bertz CT molecular complexity index is 771. The molecule has 0 saturated carbocycles. The Labute approximate surface area is 147 Å². The van der Waals surface area contributed by atoms with Crippen molar-refractivity contribution in [1.29, 1.82) is 0 Å². The van der Waals surface area contributed by atoms with Gasteiger partial charge in [0.1, 0.15) is 5.75 Å². The first-order chi connectivity index (χ1) is 12.1. The van der Waals surface area contributed by atoms with Gasteiger partial charge in [-0.15, -0.1) is 0 Å². The summed E-state index contributed by atoms with van der Waals surface area (Å²) in [7, 11) is 1.64. The zero-order chi connectivity index (χ0) is 17.8. The molecule has 1 fully saturated rings. The Hall–Kier alpha value is -2.66. The Morgan fingerprint density at radius 3 is 2.64 bits per heavy atom. The third-order valence-electron chi connectivity index (χ3n) is 4.38. The minimum atomic E-state index is -0.459. The molecule has 1 atom stereocenters. The first kappa shape index (κ1) is 17.2. The number of hydrogen-bond donors (Lipinski definition) is 1. The average Bonchev–Trinajstić information content (AvgIpc) is 2.90. The van der Waals surface area contributed by atoms with Gasteiger partial charge in [-0.25, -0.2) is 4.90 Å². The summed E-state index contributed by atoms with van der Waals surface area (Å²) < 4.78 is 5.21. The van der Waals surface area contributed by atoms with Crippen molar-refractivity contribution < 1.29 is 14.3 Å². The Morgan fingerprint density at radius 1 is 1.16 bits per heavy atom. The topological polar surface area (TPSA) is 58.6 Å². The summed E-state index contributed by atoms with van der Waals surface area (Å²) in [5, 5.41) is 3.21. The van der Waals surface area contributed by atoms with Gasteiger partial charge in [0.05, 0.1) is 25.3 Å². The van der Waals surface area contributed by atoms with Crippen molar-refractivity contribution in [2.75, 3.05) is 18.6 Å². The number of carbonyl (C=O) groups excluding carboxylic acids is 2. The van der Waals surface area contributed by atoms with Crippen molar-refractivity contribution in [3.8, 4) is 5.75 Å². The number of carbonyl (C=O) groups is 2. The van der Waals surface area contributed by atoms with E-state index < -0.39 is 6.04 Å². The maximum atomic E-state index is 12.6. The molecule has 0 spiro atoms. The maximum absolute atomic E-state index is 12.6. The monoisotopic (exact) mass is 338 g/mol. The summed E-state index contributed by atoms with van der Waals surface area (Å²) in [5.74, 6) is 0.474. The van der Waals surface area contributed by atoms with Crippen molar-refractivity contribution in [1.82, 2.24) is 5.32 Å². The summed E-state index contributed by atoms with van der Waals surface area (Å²) in [6.07, 6.45) is 0.963.